The van der Waals surface area contributed by atoms with Crippen molar-refractivity contribution in [2.24, 2.45) is 5.41 Å². The van der Waals surface area contributed by atoms with E-state index in [4.69, 9.17) is 14.6 Å². The minimum atomic E-state index is -3.71. The minimum Gasteiger partial charge on any atom is -0.497 e. The van der Waals surface area contributed by atoms with E-state index >= 15 is 0 Å². The third-order valence-electron chi connectivity index (χ3n) is 2.83. The second-order valence-corrected chi connectivity index (χ2v) is 6.90. The van der Waals surface area contributed by atoms with Crippen LogP contribution in [0.15, 0.2) is 23.1 Å². The van der Waals surface area contributed by atoms with E-state index in [-0.39, 0.29) is 23.8 Å². The monoisotopic (exact) mass is 303 g/mol. The van der Waals surface area contributed by atoms with Gasteiger partial charge in [-0.1, -0.05) is 13.8 Å². The van der Waals surface area contributed by atoms with Crippen molar-refractivity contribution in [1.29, 1.82) is 0 Å². The summed E-state index contributed by atoms with van der Waals surface area (Å²) in [5, 5.41) is 9.15. The van der Waals surface area contributed by atoms with E-state index < -0.39 is 15.4 Å². The van der Waals surface area contributed by atoms with Gasteiger partial charge in [-0.15, -0.1) is 0 Å². The van der Waals surface area contributed by atoms with Crippen LogP contribution < -0.4 is 14.2 Å². The van der Waals surface area contributed by atoms with Crippen LogP contribution in [0.1, 0.15) is 13.8 Å². The summed E-state index contributed by atoms with van der Waals surface area (Å²) in [6.07, 6.45) is 0. The average molecular weight is 303 g/mol. The number of nitrogens with one attached hydrogen (secondary N) is 1. The summed E-state index contributed by atoms with van der Waals surface area (Å²) in [5.74, 6) is 0.718. The van der Waals surface area contributed by atoms with Gasteiger partial charge in [-0.25, -0.2) is 13.1 Å². The maximum Gasteiger partial charge on any atom is 0.244 e. The Morgan fingerprint density at radius 3 is 2.40 bits per heavy atom. The van der Waals surface area contributed by atoms with E-state index in [1.807, 2.05) is 0 Å². The van der Waals surface area contributed by atoms with E-state index in [0.717, 1.165) is 0 Å². The van der Waals surface area contributed by atoms with Crippen LogP contribution >= 0.6 is 0 Å². The van der Waals surface area contributed by atoms with Crippen molar-refractivity contribution >= 4 is 10.0 Å². The smallest absolute Gasteiger partial charge is 0.244 e. The lowest BCUT2D eigenvalue weighted by atomic mass is 9.96. The third kappa shape index (κ3) is 4.09. The molecule has 0 unspecified atom stereocenters. The molecule has 20 heavy (non-hydrogen) atoms. The van der Waals surface area contributed by atoms with Gasteiger partial charge in [0, 0.05) is 24.6 Å². The largest absolute Gasteiger partial charge is 0.497 e. The Bertz CT molecular complexity index is 554. The molecule has 0 amide bonds. The highest BCUT2D eigenvalue weighted by Gasteiger charge is 2.24. The molecular formula is C13H21NO5S. The molecule has 0 saturated heterocycles. The summed E-state index contributed by atoms with van der Waals surface area (Å²) in [4.78, 5) is 0.0366. The first-order chi connectivity index (χ1) is 9.25. The Kier molecular flexibility index (Phi) is 5.38. The zero-order chi connectivity index (χ0) is 15.4. The van der Waals surface area contributed by atoms with Crippen LogP contribution in [0.2, 0.25) is 0 Å². The van der Waals surface area contributed by atoms with Gasteiger partial charge in [0.15, 0.2) is 0 Å². The van der Waals surface area contributed by atoms with Gasteiger partial charge in [0.2, 0.25) is 10.0 Å². The lowest BCUT2D eigenvalue weighted by Crippen LogP contribution is -2.36. The molecule has 1 rings (SSSR count). The van der Waals surface area contributed by atoms with Crippen LogP contribution in [0, 0.1) is 5.41 Å². The van der Waals surface area contributed by atoms with Crippen LogP contribution in [0.5, 0.6) is 11.5 Å². The maximum atomic E-state index is 12.3. The SMILES string of the molecule is COc1ccc(S(=O)(=O)NCC(C)(C)CO)c(OC)c1. The summed E-state index contributed by atoms with van der Waals surface area (Å²) in [7, 11) is -0.828. The zero-order valence-electron chi connectivity index (χ0n) is 12.1. The van der Waals surface area contributed by atoms with Gasteiger partial charge in [-0.05, 0) is 12.1 Å². The fourth-order valence-electron chi connectivity index (χ4n) is 1.42. The van der Waals surface area contributed by atoms with Gasteiger partial charge in [0.05, 0.1) is 14.2 Å². The summed E-state index contributed by atoms with van der Waals surface area (Å²) < 4.78 is 37.1. The lowest BCUT2D eigenvalue weighted by Gasteiger charge is -2.22. The number of ether oxygens (including phenoxy) is 2. The van der Waals surface area contributed by atoms with Crippen LogP contribution in [0.25, 0.3) is 0 Å². The Balaban J connectivity index is 3.03. The Morgan fingerprint density at radius 2 is 1.90 bits per heavy atom. The fraction of sp³-hybridized carbons (Fsp3) is 0.538. The number of benzene rings is 1. The highest BCUT2D eigenvalue weighted by Crippen LogP contribution is 2.28. The molecule has 0 atom stereocenters. The van der Waals surface area contributed by atoms with Gasteiger partial charge in [-0.3, -0.25) is 0 Å². The van der Waals surface area contributed by atoms with Crippen molar-refractivity contribution < 1.29 is 23.0 Å². The van der Waals surface area contributed by atoms with Gasteiger partial charge < -0.3 is 14.6 Å². The molecule has 7 heteroatoms. The normalized spacial score (nSPS) is 12.2. The number of rotatable bonds is 7. The molecule has 1 aromatic rings. The Morgan fingerprint density at radius 1 is 1.25 bits per heavy atom. The molecule has 0 bridgehead atoms. The van der Waals surface area contributed by atoms with Gasteiger partial charge >= 0.3 is 0 Å². The molecule has 0 aliphatic rings. The van der Waals surface area contributed by atoms with Crippen molar-refractivity contribution in [2.75, 3.05) is 27.4 Å². The zero-order valence-corrected chi connectivity index (χ0v) is 13.0. The van der Waals surface area contributed by atoms with Crippen molar-refractivity contribution in [1.82, 2.24) is 4.72 Å². The first-order valence-electron chi connectivity index (χ1n) is 6.08. The van der Waals surface area contributed by atoms with E-state index in [1.54, 1.807) is 19.9 Å². The predicted octanol–water partition coefficient (Wildman–Crippen LogP) is 1.00. The van der Waals surface area contributed by atoms with Crippen molar-refractivity contribution in [3.8, 4) is 11.5 Å². The van der Waals surface area contributed by atoms with Gasteiger partial charge in [0.25, 0.3) is 0 Å². The summed E-state index contributed by atoms with van der Waals surface area (Å²) >= 11 is 0. The Labute approximate surface area is 119 Å². The number of aliphatic hydroxyl groups is 1. The minimum absolute atomic E-state index is 0.0366. The molecule has 6 nitrogen and oxygen atoms in total. The number of sulfonamides is 1. The third-order valence-corrected chi connectivity index (χ3v) is 4.27. The quantitative estimate of drug-likeness (QED) is 0.785. The standard InChI is InChI=1S/C13H21NO5S/c1-13(2,9-15)8-14-20(16,17)12-6-5-10(18-3)7-11(12)19-4/h5-7,14-15H,8-9H2,1-4H3. The average Bonchev–Trinajstić information content (AvgIpc) is 2.44. The first-order valence-corrected chi connectivity index (χ1v) is 7.56. The summed E-state index contributed by atoms with van der Waals surface area (Å²) in [6.45, 7) is 3.54. The van der Waals surface area contributed by atoms with E-state index in [2.05, 4.69) is 4.72 Å². The second kappa shape index (κ2) is 6.43. The molecule has 0 aliphatic carbocycles. The molecule has 0 saturated carbocycles. The van der Waals surface area contributed by atoms with E-state index in [1.165, 1.54) is 26.4 Å². The molecule has 0 aromatic heterocycles. The van der Waals surface area contributed by atoms with Crippen LogP contribution in [-0.4, -0.2) is 40.9 Å². The van der Waals surface area contributed by atoms with Gasteiger partial charge in [-0.2, -0.15) is 0 Å². The summed E-state index contributed by atoms with van der Waals surface area (Å²) in [5.41, 5.74) is -0.535. The van der Waals surface area contributed by atoms with Crippen molar-refractivity contribution in [3.05, 3.63) is 18.2 Å². The van der Waals surface area contributed by atoms with Crippen molar-refractivity contribution in [2.45, 2.75) is 18.7 Å². The summed E-state index contributed by atoms with van der Waals surface area (Å²) in [6, 6.07) is 4.48. The molecule has 0 radical (unpaired) electrons. The van der Waals surface area contributed by atoms with E-state index in [9.17, 15) is 8.42 Å². The predicted molar refractivity (Wildman–Crippen MR) is 75.6 cm³/mol. The van der Waals surface area contributed by atoms with Crippen LogP contribution in [0.3, 0.4) is 0 Å². The molecule has 0 aliphatic heterocycles. The number of methoxy groups -OCH3 is 2. The van der Waals surface area contributed by atoms with Crippen LogP contribution in [-0.2, 0) is 10.0 Å². The highest BCUT2D eigenvalue weighted by atomic mass is 32.2. The highest BCUT2D eigenvalue weighted by molar-refractivity contribution is 7.89. The maximum absolute atomic E-state index is 12.3. The molecule has 0 heterocycles. The van der Waals surface area contributed by atoms with Crippen LogP contribution in [0.4, 0.5) is 0 Å². The molecule has 0 spiro atoms. The topological polar surface area (TPSA) is 84.9 Å². The second-order valence-electron chi connectivity index (χ2n) is 5.16. The number of aliphatic hydroxyl groups excluding tert-OH is 1. The van der Waals surface area contributed by atoms with Crippen molar-refractivity contribution in [3.63, 3.8) is 0 Å². The molecular weight excluding hydrogens is 282 g/mol. The van der Waals surface area contributed by atoms with Gasteiger partial charge in [0.1, 0.15) is 16.4 Å². The van der Waals surface area contributed by atoms with E-state index in [0.29, 0.717) is 5.75 Å². The number of hydrogen-bond acceptors (Lipinski definition) is 5. The fourth-order valence-corrected chi connectivity index (χ4v) is 2.81. The first kappa shape index (κ1) is 16.7. The molecule has 0 fully saturated rings. The molecule has 2 N–H and O–H groups in total. The number of hydrogen-bond donors (Lipinski definition) is 2. The lowest BCUT2D eigenvalue weighted by molar-refractivity contribution is 0.163. The molecule has 114 valence electrons. The molecule has 1 aromatic carbocycles. The Hall–Kier alpha value is -1.31.